The molecule has 2 N–H and O–H groups in total. The number of methoxy groups -OCH3 is 1. The molecule has 0 saturated heterocycles. The zero-order chi connectivity index (χ0) is 19.1. The number of nitrogens with zero attached hydrogens (tertiary/aromatic N) is 3. The van der Waals surface area contributed by atoms with Crippen LogP contribution in [0.15, 0.2) is 42.1 Å². The minimum Gasteiger partial charge on any atom is -0.496 e. The molecule has 26 heavy (non-hydrogen) atoms. The van der Waals surface area contributed by atoms with Gasteiger partial charge in [0.05, 0.1) is 17.9 Å². The number of nitrogens with one attached hydrogen (secondary N) is 2. The summed E-state index contributed by atoms with van der Waals surface area (Å²) >= 11 is 1.21. The van der Waals surface area contributed by atoms with Gasteiger partial charge in [0.15, 0.2) is 11.0 Å². The summed E-state index contributed by atoms with van der Waals surface area (Å²) in [6.07, 6.45) is 1.72. The Bertz CT molecular complexity index is 805. The number of hydrogen-bond donors (Lipinski definition) is 2. The Morgan fingerprint density at radius 1 is 1.38 bits per heavy atom. The van der Waals surface area contributed by atoms with Crippen molar-refractivity contribution in [1.82, 2.24) is 25.4 Å². The second-order valence-electron chi connectivity index (χ2n) is 5.23. The van der Waals surface area contributed by atoms with Crippen LogP contribution in [0.5, 0.6) is 5.75 Å². The molecule has 0 bridgehead atoms. The molecule has 1 aromatic carbocycles. The maximum atomic E-state index is 12.1. The van der Waals surface area contributed by atoms with Gasteiger partial charge in [0.2, 0.25) is 5.91 Å². The molecule has 8 nitrogen and oxygen atoms in total. The van der Waals surface area contributed by atoms with E-state index in [-0.39, 0.29) is 0 Å². The van der Waals surface area contributed by atoms with Crippen LogP contribution in [0.2, 0.25) is 0 Å². The summed E-state index contributed by atoms with van der Waals surface area (Å²) < 4.78 is 7.24. The number of para-hydroxylation sites is 1. The molecule has 138 valence electrons. The van der Waals surface area contributed by atoms with E-state index in [1.165, 1.54) is 18.8 Å². The topological polar surface area (TPSA) is 98.1 Å². The zero-order valence-corrected chi connectivity index (χ0v) is 15.7. The Labute approximate surface area is 156 Å². The number of carbonyl (C=O) groups is 2. The van der Waals surface area contributed by atoms with E-state index >= 15 is 0 Å². The number of hydrogen-bond acceptors (Lipinski definition) is 6. The van der Waals surface area contributed by atoms with Gasteiger partial charge in [-0.05, 0) is 19.1 Å². The van der Waals surface area contributed by atoms with Gasteiger partial charge in [0, 0.05) is 13.6 Å². The highest BCUT2D eigenvalue weighted by atomic mass is 32.2. The van der Waals surface area contributed by atoms with Gasteiger partial charge in [-0.2, -0.15) is 0 Å². The van der Waals surface area contributed by atoms with Crippen molar-refractivity contribution < 1.29 is 14.3 Å². The second-order valence-corrected chi connectivity index (χ2v) is 6.54. The number of urea groups is 1. The van der Waals surface area contributed by atoms with Crippen molar-refractivity contribution in [1.29, 1.82) is 0 Å². The first-order valence-corrected chi connectivity index (χ1v) is 8.76. The number of allylic oxidation sites excluding steroid dienone is 1. The zero-order valence-electron chi connectivity index (χ0n) is 14.9. The largest absolute Gasteiger partial charge is 0.496 e. The molecule has 0 aliphatic carbocycles. The fourth-order valence-electron chi connectivity index (χ4n) is 2.19. The lowest BCUT2D eigenvalue weighted by Gasteiger charge is -2.13. The summed E-state index contributed by atoms with van der Waals surface area (Å²) in [7, 11) is 3.04. The summed E-state index contributed by atoms with van der Waals surface area (Å²) in [6, 6.07) is 6.94. The van der Waals surface area contributed by atoms with E-state index < -0.39 is 17.2 Å². The molecular weight excluding hydrogens is 354 g/mol. The van der Waals surface area contributed by atoms with Crippen LogP contribution >= 0.6 is 11.8 Å². The van der Waals surface area contributed by atoms with Crippen molar-refractivity contribution in [3.05, 3.63) is 36.9 Å². The molecule has 9 heteroatoms. The predicted octanol–water partition coefficient (Wildman–Crippen LogP) is 2.08. The highest BCUT2D eigenvalue weighted by Gasteiger charge is 2.22. The van der Waals surface area contributed by atoms with E-state index in [0.29, 0.717) is 23.3 Å². The van der Waals surface area contributed by atoms with E-state index in [1.54, 1.807) is 20.1 Å². The van der Waals surface area contributed by atoms with Crippen molar-refractivity contribution in [3.8, 4) is 17.1 Å². The third-order valence-corrected chi connectivity index (χ3v) is 4.57. The number of carbonyl (C=O) groups excluding carboxylic acids is 2. The molecule has 0 unspecified atom stereocenters. The van der Waals surface area contributed by atoms with Gasteiger partial charge in [0.1, 0.15) is 5.75 Å². The third-order valence-electron chi connectivity index (χ3n) is 3.49. The fourth-order valence-corrected chi connectivity index (χ4v) is 3.04. The fraction of sp³-hybridized carbons (Fsp3) is 0.294. The van der Waals surface area contributed by atoms with E-state index in [4.69, 9.17) is 4.74 Å². The maximum Gasteiger partial charge on any atom is 0.321 e. The summed E-state index contributed by atoms with van der Waals surface area (Å²) in [5, 5.41) is 13.1. The quantitative estimate of drug-likeness (QED) is 0.568. The van der Waals surface area contributed by atoms with Crippen molar-refractivity contribution >= 4 is 23.7 Å². The predicted molar refractivity (Wildman–Crippen MR) is 100 cm³/mol. The van der Waals surface area contributed by atoms with Gasteiger partial charge in [-0.3, -0.25) is 14.7 Å². The van der Waals surface area contributed by atoms with Crippen LogP contribution in [-0.2, 0) is 11.3 Å². The van der Waals surface area contributed by atoms with Gasteiger partial charge in [-0.1, -0.05) is 30.0 Å². The van der Waals surface area contributed by atoms with Gasteiger partial charge >= 0.3 is 6.03 Å². The Balaban J connectivity index is 2.30. The third kappa shape index (κ3) is 4.42. The van der Waals surface area contributed by atoms with Crippen LogP contribution < -0.4 is 15.4 Å². The van der Waals surface area contributed by atoms with E-state index in [9.17, 15) is 9.59 Å². The minimum absolute atomic E-state index is 0.415. The molecule has 1 atom stereocenters. The first-order valence-electron chi connectivity index (χ1n) is 7.88. The molecule has 1 aromatic heterocycles. The van der Waals surface area contributed by atoms with Crippen molar-refractivity contribution in [3.63, 3.8) is 0 Å². The number of amides is 3. The van der Waals surface area contributed by atoms with Crippen LogP contribution in [0.1, 0.15) is 6.92 Å². The summed E-state index contributed by atoms with van der Waals surface area (Å²) in [4.78, 5) is 23.4. The van der Waals surface area contributed by atoms with Gasteiger partial charge in [-0.25, -0.2) is 4.79 Å². The van der Waals surface area contributed by atoms with Crippen LogP contribution in [-0.4, -0.2) is 46.1 Å². The maximum absolute atomic E-state index is 12.1. The van der Waals surface area contributed by atoms with E-state index in [2.05, 4.69) is 27.4 Å². The van der Waals surface area contributed by atoms with Gasteiger partial charge in [0.25, 0.3) is 0 Å². The van der Waals surface area contributed by atoms with Crippen molar-refractivity contribution in [2.75, 3.05) is 14.2 Å². The molecule has 0 aliphatic rings. The Morgan fingerprint density at radius 2 is 2.12 bits per heavy atom. The Hall–Kier alpha value is -2.81. The van der Waals surface area contributed by atoms with Gasteiger partial charge in [-0.15, -0.1) is 16.8 Å². The van der Waals surface area contributed by atoms with Crippen molar-refractivity contribution in [2.45, 2.75) is 23.9 Å². The highest BCUT2D eigenvalue weighted by molar-refractivity contribution is 8.00. The van der Waals surface area contributed by atoms with Crippen LogP contribution in [0, 0.1) is 0 Å². The molecule has 3 amide bonds. The first kappa shape index (κ1) is 19.5. The smallest absolute Gasteiger partial charge is 0.321 e. The van der Waals surface area contributed by atoms with Gasteiger partial charge < -0.3 is 10.1 Å². The monoisotopic (exact) mass is 375 g/mol. The lowest BCUT2D eigenvalue weighted by molar-refractivity contribution is -0.119. The summed E-state index contributed by atoms with van der Waals surface area (Å²) in [6.45, 7) is 5.93. The molecule has 2 rings (SSSR count). The standard InChI is InChI=1S/C17H21N5O3S/c1-5-10-22-14(12-8-6-7-9-13(12)25-4)20-21-17(22)26-11(2)15(23)19-16(24)18-3/h5-9,11H,1,10H2,2-4H3,(H2,18,19,23,24)/t11-/m0/s1. The average Bonchev–Trinajstić information content (AvgIpc) is 3.04. The molecule has 0 spiro atoms. The summed E-state index contributed by atoms with van der Waals surface area (Å²) in [5.74, 6) is 0.872. The molecule has 0 aliphatic heterocycles. The number of rotatable bonds is 7. The molecule has 0 radical (unpaired) electrons. The lowest BCUT2D eigenvalue weighted by atomic mass is 10.2. The number of ether oxygens (including phenoxy) is 1. The van der Waals surface area contributed by atoms with Crippen LogP contribution in [0.4, 0.5) is 4.79 Å². The Kier molecular flexibility index (Phi) is 6.79. The SMILES string of the molecule is C=CCn1c(S[C@@H](C)C(=O)NC(=O)NC)nnc1-c1ccccc1OC. The molecule has 2 aromatic rings. The highest BCUT2D eigenvalue weighted by Crippen LogP contribution is 2.32. The molecule has 1 heterocycles. The van der Waals surface area contributed by atoms with Crippen LogP contribution in [0.3, 0.4) is 0 Å². The summed E-state index contributed by atoms with van der Waals surface area (Å²) in [5.41, 5.74) is 0.790. The number of thioether (sulfide) groups is 1. The van der Waals surface area contributed by atoms with E-state index in [0.717, 1.165) is 5.56 Å². The molecule has 0 fully saturated rings. The lowest BCUT2D eigenvalue weighted by Crippen LogP contribution is -2.41. The first-order chi connectivity index (χ1) is 12.5. The van der Waals surface area contributed by atoms with Crippen LogP contribution in [0.25, 0.3) is 11.4 Å². The molecule has 0 saturated carbocycles. The minimum atomic E-state index is -0.551. The number of benzene rings is 1. The second kappa shape index (κ2) is 9.04. The van der Waals surface area contributed by atoms with E-state index in [1.807, 2.05) is 28.8 Å². The normalized spacial score (nSPS) is 11.5. The number of aromatic nitrogens is 3. The Morgan fingerprint density at radius 3 is 2.77 bits per heavy atom. The number of imide groups is 1. The average molecular weight is 375 g/mol. The van der Waals surface area contributed by atoms with Crippen molar-refractivity contribution in [2.24, 2.45) is 0 Å². The molecular formula is C17H21N5O3S.